The normalized spacial score (nSPS) is 10.3. The van der Waals surface area contributed by atoms with E-state index < -0.39 is 5.97 Å². The summed E-state index contributed by atoms with van der Waals surface area (Å²) in [4.78, 5) is 18.8. The molecule has 0 bridgehead atoms. The molecule has 18 heavy (non-hydrogen) atoms. The number of rotatable bonds is 4. The van der Waals surface area contributed by atoms with Gasteiger partial charge in [-0.3, -0.25) is 0 Å². The van der Waals surface area contributed by atoms with Gasteiger partial charge in [-0.2, -0.15) is 0 Å². The summed E-state index contributed by atoms with van der Waals surface area (Å²) < 4.78 is 0. The van der Waals surface area contributed by atoms with Crippen LogP contribution in [0.2, 0.25) is 0 Å². The number of carboxylic acid groups (broad SMARTS) is 1. The topological polar surface area (TPSA) is 75.1 Å². The molecule has 1 heterocycles. The molecule has 0 spiro atoms. The minimum atomic E-state index is -1.17. The summed E-state index contributed by atoms with van der Waals surface area (Å²) >= 11 is 5.66. The lowest BCUT2D eigenvalue weighted by molar-refractivity contribution is 0.0684. The monoisotopic (exact) mass is 263 g/mol. The lowest BCUT2D eigenvalue weighted by Crippen LogP contribution is -2.10. The fourth-order valence-corrected chi connectivity index (χ4v) is 1.55. The van der Waals surface area contributed by atoms with E-state index in [2.05, 4.69) is 21.9 Å². The van der Waals surface area contributed by atoms with Crippen molar-refractivity contribution in [3.63, 3.8) is 0 Å². The number of benzene rings is 1. The van der Waals surface area contributed by atoms with Gasteiger partial charge >= 0.3 is 5.97 Å². The van der Waals surface area contributed by atoms with Crippen LogP contribution < -0.4 is 5.32 Å². The number of anilines is 1. The number of nitrogens with one attached hydrogen (secondary N) is 1. The number of aromatic nitrogens is 2. The van der Waals surface area contributed by atoms with E-state index in [0.29, 0.717) is 22.9 Å². The first-order valence-corrected chi connectivity index (χ1v) is 5.53. The summed E-state index contributed by atoms with van der Waals surface area (Å²) in [6.45, 7) is 3.86. The Bertz CT molecular complexity index is 628. The van der Waals surface area contributed by atoms with Crippen LogP contribution in [0.15, 0.2) is 35.9 Å². The van der Waals surface area contributed by atoms with Gasteiger partial charge in [0.2, 0.25) is 5.82 Å². The highest BCUT2D eigenvalue weighted by atomic mass is 35.5. The molecule has 5 nitrogen and oxygen atoms in total. The third-order valence-corrected chi connectivity index (χ3v) is 2.38. The van der Waals surface area contributed by atoms with Gasteiger partial charge in [0.25, 0.3) is 0 Å². The van der Waals surface area contributed by atoms with Crippen LogP contribution >= 0.6 is 11.6 Å². The average Bonchev–Trinajstić information content (AvgIpc) is 2.35. The molecule has 2 rings (SSSR count). The zero-order valence-corrected chi connectivity index (χ0v) is 10.1. The number of hydrogen-bond acceptors (Lipinski definition) is 4. The summed E-state index contributed by atoms with van der Waals surface area (Å²) in [5.74, 6) is -0.996. The van der Waals surface area contributed by atoms with E-state index in [-0.39, 0.29) is 5.82 Å². The van der Waals surface area contributed by atoms with Crippen LogP contribution in [0.1, 0.15) is 10.6 Å². The largest absolute Gasteiger partial charge is 0.475 e. The fraction of sp³-hybridized carbons (Fsp3) is 0.0833. The van der Waals surface area contributed by atoms with Gasteiger partial charge in [-0.25, -0.2) is 14.8 Å². The van der Waals surface area contributed by atoms with Gasteiger partial charge in [0.15, 0.2) is 0 Å². The molecule has 2 aromatic rings. The predicted octanol–water partition coefficient (Wildman–Crippen LogP) is 2.49. The summed E-state index contributed by atoms with van der Waals surface area (Å²) in [6, 6.07) is 7.14. The minimum absolute atomic E-state index is 0.253. The van der Waals surface area contributed by atoms with E-state index in [0.717, 1.165) is 5.39 Å². The van der Waals surface area contributed by atoms with Gasteiger partial charge in [0.05, 0.1) is 12.1 Å². The lowest BCUT2D eigenvalue weighted by Gasteiger charge is -2.08. The Labute approximate surface area is 108 Å². The molecule has 0 amide bonds. The molecular formula is C12H10ClN3O2. The van der Waals surface area contributed by atoms with Crippen LogP contribution in [-0.4, -0.2) is 27.6 Å². The molecule has 0 radical (unpaired) electrons. The first-order chi connectivity index (χ1) is 8.58. The van der Waals surface area contributed by atoms with Crippen molar-refractivity contribution in [3.8, 4) is 0 Å². The minimum Gasteiger partial charge on any atom is -0.475 e. The Morgan fingerprint density at radius 2 is 2.11 bits per heavy atom. The van der Waals surface area contributed by atoms with E-state index in [9.17, 15) is 4.79 Å². The number of carbonyl (C=O) groups is 1. The van der Waals surface area contributed by atoms with Crippen molar-refractivity contribution < 1.29 is 9.90 Å². The molecule has 0 saturated carbocycles. The summed E-state index contributed by atoms with van der Waals surface area (Å²) in [6.07, 6.45) is 0. The van der Waals surface area contributed by atoms with E-state index in [4.69, 9.17) is 16.7 Å². The quantitative estimate of drug-likeness (QED) is 0.886. The Kier molecular flexibility index (Phi) is 3.43. The second-order valence-electron chi connectivity index (χ2n) is 3.59. The molecule has 0 fully saturated rings. The number of hydrogen-bond donors (Lipinski definition) is 2. The number of nitrogens with zero attached hydrogens (tertiary/aromatic N) is 2. The highest BCUT2D eigenvalue weighted by Gasteiger charge is 2.12. The van der Waals surface area contributed by atoms with E-state index >= 15 is 0 Å². The molecule has 0 aliphatic rings. The standard InChI is InChI=1S/C12H10ClN3O2/c1-7(13)6-14-10-8-4-2-3-5-9(8)15-11(16-10)12(17)18/h2-5H,1,6H2,(H,17,18)(H,14,15,16). The van der Waals surface area contributed by atoms with Gasteiger partial charge in [-0.1, -0.05) is 30.3 Å². The van der Waals surface area contributed by atoms with Crippen molar-refractivity contribution in [2.45, 2.75) is 0 Å². The predicted molar refractivity (Wildman–Crippen MR) is 70.0 cm³/mol. The maximum absolute atomic E-state index is 10.9. The molecule has 6 heteroatoms. The number of para-hydroxylation sites is 1. The van der Waals surface area contributed by atoms with Crippen LogP contribution in [0.25, 0.3) is 10.9 Å². The third-order valence-electron chi connectivity index (χ3n) is 2.24. The first-order valence-electron chi connectivity index (χ1n) is 5.15. The van der Waals surface area contributed by atoms with Crippen molar-refractivity contribution in [2.75, 3.05) is 11.9 Å². The van der Waals surface area contributed by atoms with Gasteiger partial charge in [-0.05, 0) is 12.1 Å². The third kappa shape index (κ3) is 2.57. The molecule has 0 aliphatic carbocycles. The molecular weight excluding hydrogens is 254 g/mol. The second kappa shape index (κ2) is 5.01. The number of fused-ring (bicyclic) bond motifs is 1. The zero-order valence-electron chi connectivity index (χ0n) is 9.35. The van der Waals surface area contributed by atoms with Gasteiger partial charge in [0, 0.05) is 10.4 Å². The average molecular weight is 264 g/mol. The SMILES string of the molecule is C=C(Cl)CNc1nc(C(=O)O)nc2ccccc12. The number of aromatic carboxylic acids is 1. The highest BCUT2D eigenvalue weighted by Crippen LogP contribution is 2.20. The van der Waals surface area contributed by atoms with Crippen molar-refractivity contribution in [1.29, 1.82) is 0 Å². The number of carboxylic acids is 1. The molecule has 0 saturated heterocycles. The molecule has 0 aliphatic heterocycles. The molecule has 1 aromatic carbocycles. The maximum atomic E-state index is 10.9. The molecule has 92 valence electrons. The Hall–Kier alpha value is -2.14. The first kappa shape index (κ1) is 12.3. The van der Waals surface area contributed by atoms with Crippen LogP contribution in [0.3, 0.4) is 0 Å². The van der Waals surface area contributed by atoms with E-state index in [1.807, 2.05) is 6.07 Å². The van der Waals surface area contributed by atoms with Gasteiger partial charge in [0.1, 0.15) is 5.82 Å². The Morgan fingerprint density at radius 3 is 2.78 bits per heavy atom. The van der Waals surface area contributed by atoms with Crippen molar-refractivity contribution in [2.24, 2.45) is 0 Å². The smallest absolute Gasteiger partial charge is 0.374 e. The lowest BCUT2D eigenvalue weighted by atomic mass is 10.2. The maximum Gasteiger partial charge on any atom is 0.374 e. The fourth-order valence-electron chi connectivity index (χ4n) is 1.49. The van der Waals surface area contributed by atoms with Gasteiger partial charge in [-0.15, -0.1) is 0 Å². The van der Waals surface area contributed by atoms with Crippen LogP contribution in [-0.2, 0) is 0 Å². The molecule has 2 N–H and O–H groups in total. The van der Waals surface area contributed by atoms with Gasteiger partial charge < -0.3 is 10.4 Å². The van der Waals surface area contributed by atoms with E-state index in [1.54, 1.807) is 18.2 Å². The van der Waals surface area contributed by atoms with Crippen molar-refractivity contribution in [3.05, 3.63) is 41.7 Å². The molecule has 1 aromatic heterocycles. The van der Waals surface area contributed by atoms with Crippen molar-refractivity contribution in [1.82, 2.24) is 9.97 Å². The molecule has 0 unspecified atom stereocenters. The summed E-state index contributed by atoms with van der Waals surface area (Å²) in [7, 11) is 0. The Morgan fingerprint density at radius 1 is 1.39 bits per heavy atom. The highest BCUT2D eigenvalue weighted by molar-refractivity contribution is 6.29. The number of halogens is 1. The summed E-state index contributed by atoms with van der Waals surface area (Å²) in [5, 5.41) is 13.0. The van der Waals surface area contributed by atoms with Crippen LogP contribution in [0, 0.1) is 0 Å². The Balaban J connectivity index is 2.53. The second-order valence-corrected chi connectivity index (χ2v) is 4.12. The zero-order chi connectivity index (χ0) is 13.1. The van der Waals surface area contributed by atoms with Crippen LogP contribution in [0.4, 0.5) is 5.82 Å². The summed E-state index contributed by atoms with van der Waals surface area (Å²) in [5.41, 5.74) is 0.563. The van der Waals surface area contributed by atoms with E-state index in [1.165, 1.54) is 0 Å². The van der Waals surface area contributed by atoms with Crippen LogP contribution in [0.5, 0.6) is 0 Å². The van der Waals surface area contributed by atoms with Crippen molar-refractivity contribution >= 4 is 34.3 Å². The molecule has 0 atom stereocenters.